The van der Waals surface area contributed by atoms with Crippen LogP contribution in [0, 0.1) is 0 Å². The van der Waals surface area contributed by atoms with Gasteiger partial charge in [-0.1, -0.05) is 0 Å². The molecule has 0 spiro atoms. The van der Waals surface area contributed by atoms with Crippen LogP contribution < -0.4 is 5.56 Å². The summed E-state index contributed by atoms with van der Waals surface area (Å²) >= 11 is 0. The van der Waals surface area contributed by atoms with Crippen molar-refractivity contribution in [1.29, 1.82) is 0 Å². The molecule has 0 N–H and O–H groups in total. The molecule has 1 amide bonds. The molecule has 3 rings (SSSR count). The van der Waals surface area contributed by atoms with E-state index in [1.807, 2.05) is 17.7 Å². The molecule has 0 radical (unpaired) electrons. The first kappa shape index (κ1) is 19.2. The highest BCUT2D eigenvalue weighted by molar-refractivity contribution is 5.76. The highest BCUT2D eigenvalue weighted by Gasteiger charge is 2.35. The summed E-state index contributed by atoms with van der Waals surface area (Å²) in [4.78, 5) is 30.9. The molecule has 2 aromatic rings. The number of carbonyl (C=O) groups excluding carboxylic acids is 1. The van der Waals surface area contributed by atoms with Crippen LogP contribution in [0.5, 0.6) is 0 Å². The molecule has 0 saturated carbocycles. The van der Waals surface area contributed by atoms with Gasteiger partial charge in [0.25, 0.3) is 5.56 Å². The minimum absolute atomic E-state index is 0.234. The van der Waals surface area contributed by atoms with E-state index in [4.69, 9.17) is 0 Å². The van der Waals surface area contributed by atoms with Crippen molar-refractivity contribution in [3.63, 3.8) is 0 Å². The molecule has 3 heterocycles. The van der Waals surface area contributed by atoms with Gasteiger partial charge in [0.15, 0.2) is 0 Å². The van der Waals surface area contributed by atoms with E-state index in [1.54, 1.807) is 11.1 Å². The summed E-state index contributed by atoms with van der Waals surface area (Å²) in [6, 6.07) is 1.63. The van der Waals surface area contributed by atoms with Crippen LogP contribution in [0.1, 0.15) is 43.6 Å². The van der Waals surface area contributed by atoms with Gasteiger partial charge in [-0.2, -0.15) is 13.2 Å². The van der Waals surface area contributed by atoms with Gasteiger partial charge in [0.05, 0.1) is 6.04 Å². The summed E-state index contributed by atoms with van der Waals surface area (Å²) in [6.45, 7) is 2.75. The second-order valence-electron chi connectivity index (χ2n) is 6.52. The van der Waals surface area contributed by atoms with Crippen molar-refractivity contribution < 1.29 is 18.0 Å². The molecule has 0 aromatic carbocycles. The molecule has 1 saturated heterocycles. The summed E-state index contributed by atoms with van der Waals surface area (Å²) in [7, 11) is 0. The number of likely N-dealkylation sites (tertiary alicyclic amines) is 1. The topological polar surface area (TPSA) is 60.1 Å². The lowest BCUT2D eigenvalue weighted by Gasteiger charge is -2.35. The normalized spacial score (nSPS) is 17.9. The lowest BCUT2D eigenvalue weighted by molar-refractivity contribution is -0.140. The number of aryl methyl sites for hydroxylation is 1. The number of carbonyl (C=O) groups is 1. The smallest absolute Gasteiger partial charge is 0.333 e. The Bertz CT molecular complexity index is 872. The standard InChI is InChI=1S/C18H21F3N4O2/c1-2-23-11-8-22-16(23)14-7-3-4-10-25(14)15(26)12-24-9-5-6-13(17(24)27)18(19,20)21/h5-6,8-9,11,14H,2-4,7,10,12H2,1H3. The van der Waals surface area contributed by atoms with Crippen molar-refractivity contribution in [3.8, 4) is 0 Å². The van der Waals surface area contributed by atoms with Crippen LogP contribution in [0.15, 0.2) is 35.5 Å². The minimum Gasteiger partial charge on any atom is -0.333 e. The molecule has 146 valence electrons. The first-order chi connectivity index (χ1) is 12.8. The molecule has 1 fully saturated rings. The van der Waals surface area contributed by atoms with E-state index in [0.29, 0.717) is 13.1 Å². The Morgan fingerprint density at radius 3 is 2.74 bits per heavy atom. The molecule has 1 unspecified atom stereocenters. The molecule has 6 nitrogen and oxygen atoms in total. The van der Waals surface area contributed by atoms with E-state index in [9.17, 15) is 22.8 Å². The summed E-state index contributed by atoms with van der Waals surface area (Å²) in [5.74, 6) is 0.383. The molecule has 1 atom stereocenters. The van der Waals surface area contributed by atoms with E-state index in [0.717, 1.165) is 41.8 Å². The number of aromatic nitrogens is 3. The van der Waals surface area contributed by atoms with Crippen molar-refractivity contribution in [2.45, 2.75) is 51.5 Å². The van der Waals surface area contributed by atoms with Crippen molar-refractivity contribution >= 4 is 5.91 Å². The van der Waals surface area contributed by atoms with Crippen molar-refractivity contribution in [1.82, 2.24) is 19.0 Å². The Hall–Kier alpha value is -2.58. The number of hydrogen-bond acceptors (Lipinski definition) is 3. The zero-order chi connectivity index (χ0) is 19.6. The van der Waals surface area contributed by atoms with E-state index >= 15 is 0 Å². The van der Waals surface area contributed by atoms with Gasteiger partial charge in [-0.15, -0.1) is 0 Å². The van der Waals surface area contributed by atoms with E-state index in [2.05, 4.69) is 4.98 Å². The van der Waals surface area contributed by atoms with Gasteiger partial charge in [0.1, 0.15) is 17.9 Å². The fourth-order valence-corrected chi connectivity index (χ4v) is 3.50. The Balaban J connectivity index is 1.86. The lowest BCUT2D eigenvalue weighted by Crippen LogP contribution is -2.43. The number of alkyl halides is 3. The van der Waals surface area contributed by atoms with Crippen LogP contribution in [0.3, 0.4) is 0 Å². The first-order valence-corrected chi connectivity index (χ1v) is 8.90. The van der Waals surface area contributed by atoms with Crippen LogP contribution in [0.2, 0.25) is 0 Å². The van der Waals surface area contributed by atoms with Gasteiger partial charge < -0.3 is 14.0 Å². The number of amides is 1. The highest BCUT2D eigenvalue weighted by atomic mass is 19.4. The van der Waals surface area contributed by atoms with Crippen LogP contribution in [-0.2, 0) is 24.1 Å². The zero-order valence-electron chi connectivity index (χ0n) is 14.9. The van der Waals surface area contributed by atoms with Crippen LogP contribution in [0.25, 0.3) is 0 Å². The molecule has 1 aliphatic heterocycles. The monoisotopic (exact) mass is 382 g/mol. The quantitative estimate of drug-likeness (QED) is 0.817. The van der Waals surface area contributed by atoms with Crippen molar-refractivity contribution in [3.05, 3.63) is 52.5 Å². The third-order valence-electron chi connectivity index (χ3n) is 4.84. The molecule has 2 aromatic heterocycles. The molecule has 1 aliphatic rings. The Kier molecular flexibility index (Phi) is 5.38. The van der Waals surface area contributed by atoms with E-state index < -0.39 is 23.8 Å². The molecule has 9 heteroatoms. The van der Waals surface area contributed by atoms with Crippen LogP contribution in [0.4, 0.5) is 13.2 Å². The molecule has 27 heavy (non-hydrogen) atoms. The predicted molar refractivity (Wildman–Crippen MR) is 91.9 cm³/mol. The second-order valence-corrected chi connectivity index (χ2v) is 6.52. The lowest BCUT2D eigenvalue weighted by atomic mass is 10.0. The van der Waals surface area contributed by atoms with Gasteiger partial charge >= 0.3 is 6.18 Å². The van der Waals surface area contributed by atoms with Crippen LogP contribution >= 0.6 is 0 Å². The maximum atomic E-state index is 12.9. The Morgan fingerprint density at radius 2 is 2.04 bits per heavy atom. The van der Waals surface area contributed by atoms with Gasteiger partial charge in [-0.3, -0.25) is 9.59 Å². The highest BCUT2D eigenvalue weighted by Crippen LogP contribution is 2.30. The van der Waals surface area contributed by atoms with Crippen molar-refractivity contribution in [2.75, 3.05) is 6.54 Å². The zero-order valence-corrected chi connectivity index (χ0v) is 14.9. The number of piperidine rings is 1. The maximum Gasteiger partial charge on any atom is 0.421 e. The third kappa shape index (κ3) is 3.91. The number of pyridine rings is 1. The number of nitrogens with zero attached hydrogens (tertiary/aromatic N) is 4. The number of hydrogen-bond donors (Lipinski definition) is 0. The fraction of sp³-hybridized carbons (Fsp3) is 0.500. The van der Waals surface area contributed by atoms with E-state index in [1.165, 1.54) is 6.20 Å². The largest absolute Gasteiger partial charge is 0.421 e. The molecule has 0 aliphatic carbocycles. The average Bonchev–Trinajstić information content (AvgIpc) is 3.11. The predicted octanol–water partition coefficient (Wildman–Crippen LogP) is 2.84. The molecular formula is C18H21F3N4O2. The van der Waals surface area contributed by atoms with Crippen molar-refractivity contribution in [2.24, 2.45) is 0 Å². The number of halogens is 3. The Labute approximate surface area is 154 Å². The Morgan fingerprint density at radius 1 is 1.26 bits per heavy atom. The minimum atomic E-state index is -4.75. The fourth-order valence-electron chi connectivity index (χ4n) is 3.50. The molecular weight excluding hydrogens is 361 g/mol. The molecule has 0 bridgehead atoms. The van der Waals surface area contributed by atoms with Gasteiger partial charge in [0.2, 0.25) is 5.91 Å². The maximum absolute atomic E-state index is 12.9. The van der Waals surface area contributed by atoms with Gasteiger partial charge in [-0.05, 0) is 38.3 Å². The second kappa shape index (κ2) is 7.58. The number of imidazole rings is 1. The average molecular weight is 382 g/mol. The first-order valence-electron chi connectivity index (χ1n) is 8.90. The summed E-state index contributed by atoms with van der Waals surface area (Å²) in [5, 5.41) is 0. The van der Waals surface area contributed by atoms with Crippen LogP contribution in [-0.4, -0.2) is 31.5 Å². The summed E-state index contributed by atoms with van der Waals surface area (Å²) in [6.07, 6.45) is 2.46. The summed E-state index contributed by atoms with van der Waals surface area (Å²) in [5.41, 5.74) is -2.48. The van der Waals surface area contributed by atoms with Gasteiger partial charge in [0, 0.05) is 31.7 Å². The van der Waals surface area contributed by atoms with E-state index in [-0.39, 0.29) is 11.9 Å². The SMILES string of the molecule is CCn1ccnc1C1CCCCN1C(=O)Cn1cccc(C(F)(F)F)c1=O. The summed E-state index contributed by atoms with van der Waals surface area (Å²) < 4.78 is 41.6. The third-order valence-corrected chi connectivity index (χ3v) is 4.84. The van der Waals surface area contributed by atoms with Gasteiger partial charge in [-0.25, -0.2) is 4.98 Å². The number of rotatable bonds is 4.